The third-order valence-corrected chi connectivity index (χ3v) is 2.35. The highest BCUT2D eigenvalue weighted by atomic mass is 16.6. The van der Waals surface area contributed by atoms with Crippen LogP contribution in [0.25, 0.3) is 6.08 Å². The Hall–Kier alpha value is -2.24. The van der Waals surface area contributed by atoms with E-state index in [4.69, 9.17) is 14.2 Å². The van der Waals surface area contributed by atoms with Crippen molar-refractivity contribution in [3.05, 3.63) is 33.5 Å². The van der Waals surface area contributed by atoms with Crippen LogP contribution in [-0.2, 0) is 0 Å². The lowest BCUT2D eigenvalue weighted by molar-refractivity contribution is -0.422. The van der Waals surface area contributed by atoms with Crippen molar-refractivity contribution in [2.75, 3.05) is 21.3 Å². The van der Waals surface area contributed by atoms with E-state index in [2.05, 4.69) is 0 Å². The largest absolute Gasteiger partial charge is 0.493 e. The van der Waals surface area contributed by atoms with Gasteiger partial charge in [-0.1, -0.05) is 0 Å². The van der Waals surface area contributed by atoms with E-state index in [-0.39, 0.29) is 5.70 Å². The molecule has 0 spiro atoms. The summed E-state index contributed by atoms with van der Waals surface area (Å²) in [5.74, 6) is 1.37. The molecule has 0 saturated heterocycles. The second kappa shape index (κ2) is 5.90. The minimum absolute atomic E-state index is 0.0317. The molecule has 0 saturated carbocycles. The van der Waals surface area contributed by atoms with Gasteiger partial charge in [0.05, 0.1) is 26.3 Å². The lowest BCUT2D eigenvalue weighted by Gasteiger charge is -2.12. The Balaban J connectivity index is 3.32. The molecule has 1 aromatic carbocycles. The topological polar surface area (TPSA) is 70.8 Å². The van der Waals surface area contributed by atoms with Crippen LogP contribution in [0.1, 0.15) is 12.5 Å². The molecule has 0 aromatic heterocycles. The number of ether oxygens (including phenoxy) is 3. The molecule has 0 bridgehead atoms. The number of hydrogen-bond acceptors (Lipinski definition) is 5. The summed E-state index contributed by atoms with van der Waals surface area (Å²) in [4.78, 5) is 10.1. The monoisotopic (exact) mass is 253 g/mol. The fourth-order valence-electron chi connectivity index (χ4n) is 1.48. The van der Waals surface area contributed by atoms with Crippen LogP contribution in [0.3, 0.4) is 0 Å². The first-order chi connectivity index (χ1) is 8.53. The Bertz CT molecular complexity index is 456. The van der Waals surface area contributed by atoms with E-state index in [0.29, 0.717) is 22.8 Å². The maximum Gasteiger partial charge on any atom is 0.243 e. The molecule has 0 unspecified atom stereocenters. The molecule has 1 rings (SSSR count). The summed E-state index contributed by atoms with van der Waals surface area (Å²) in [5.41, 5.74) is 0.642. The van der Waals surface area contributed by atoms with Gasteiger partial charge in [-0.05, 0) is 17.7 Å². The van der Waals surface area contributed by atoms with Crippen molar-refractivity contribution in [2.45, 2.75) is 6.92 Å². The molecule has 0 heterocycles. The summed E-state index contributed by atoms with van der Waals surface area (Å²) in [6.07, 6.45) is 1.44. The van der Waals surface area contributed by atoms with Gasteiger partial charge in [0.1, 0.15) is 0 Å². The van der Waals surface area contributed by atoms with Crippen LogP contribution in [0.2, 0.25) is 0 Å². The number of rotatable bonds is 5. The third kappa shape index (κ3) is 2.91. The van der Waals surface area contributed by atoms with Gasteiger partial charge in [-0.15, -0.1) is 0 Å². The Morgan fingerprint density at radius 1 is 1.17 bits per heavy atom. The summed E-state index contributed by atoms with van der Waals surface area (Å²) in [6, 6.07) is 3.29. The summed E-state index contributed by atoms with van der Waals surface area (Å²) in [7, 11) is 4.48. The molecule has 0 amide bonds. The molecule has 98 valence electrons. The summed E-state index contributed by atoms with van der Waals surface area (Å²) < 4.78 is 15.5. The fourth-order valence-corrected chi connectivity index (χ4v) is 1.48. The third-order valence-electron chi connectivity index (χ3n) is 2.35. The van der Waals surface area contributed by atoms with Gasteiger partial charge >= 0.3 is 0 Å². The van der Waals surface area contributed by atoms with Gasteiger partial charge in [-0.25, -0.2) is 0 Å². The average molecular weight is 253 g/mol. The highest BCUT2D eigenvalue weighted by Gasteiger charge is 2.13. The fraction of sp³-hybridized carbons (Fsp3) is 0.333. The number of hydrogen-bond donors (Lipinski definition) is 0. The molecule has 18 heavy (non-hydrogen) atoms. The number of methoxy groups -OCH3 is 3. The second-order valence-electron chi connectivity index (χ2n) is 3.50. The first-order valence-corrected chi connectivity index (χ1v) is 5.16. The molecular weight excluding hydrogens is 238 g/mol. The van der Waals surface area contributed by atoms with Crippen molar-refractivity contribution in [1.29, 1.82) is 0 Å². The second-order valence-corrected chi connectivity index (χ2v) is 3.50. The van der Waals surface area contributed by atoms with Gasteiger partial charge in [-0.2, -0.15) is 0 Å². The molecular formula is C12H15NO5. The molecule has 1 aromatic rings. The van der Waals surface area contributed by atoms with Gasteiger partial charge < -0.3 is 14.2 Å². The van der Waals surface area contributed by atoms with Crippen molar-refractivity contribution in [3.8, 4) is 17.2 Å². The van der Waals surface area contributed by atoms with Crippen LogP contribution in [-0.4, -0.2) is 26.3 Å². The van der Waals surface area contributed by atoms with E-state index in [1.54, 1.807) is 12.1 Å². The van der Waals surface area contributed by atoms with Gasteiger partial charge in [0.15, 0.2) is 11.5 Å². The van der Waals surface area contributed by atoms with Crippen molar-refractivity contribution in [1.82, 2.24) is 0 Å². The standard InChI is InChI=1S/C12H15NO5/c1-8(13(14)15)5-9-6-10(16-2)12(18-4)11(7-9)17-3/h5-7H,1-4H3/b8-5-. The smallest absolute Gasteiger partial charge is 0.243 e. The van der Waals surface area contributed by atoms with Crippen LogP contribution in [0, 0.1) is 10.1 Å². The Morgan fingerprint density at radius 3 is 2.00 bits per heavy atom. The molecule has 0 radical (unpaired) electrons. The number of allylic oxidation sites excluding steroid dienone is 1. The van der Waals surface area contributed by atoms with Gasteiger partial charge in [0.25, 0.3) is 0 Å². The van der Waals surface area contributed by atoms with E-state index >= 15 is 0 Å². The van der Waals surface area contributed by atoms with Crippen LogP contribution in [0.4, 0.5) is 0 Å². The lowest BCUT2D eigenvalue weighted by Crippen LogP contribution is -1.97. The minimum atomic E-state index is -0.455. The first-order valence-electron chi connectivity index (χ1n) is 5.16. The quantitative estimate of drug-likeness (QED) is 0.595. The van der Waals surface area contributed by atoms with E-state index in [9.17, 15) is 10.1 Å². The molecule has 0 N–H and O–H groups in total. The van der Waals surface area contributed by atoms with E-state index < -0.39 is 4.92 Å². The summed E-state index contributed by atoms with van der Waals surface area (Å²) >= 11 is 0. The first kappa shape index (κ1) is 13.8. The highest BCUT2D eigenvalue weighted by Crippen LogP contribution is 2.38. The zero-order chi connectivity index (χ0) is 13.7. The maximum absolute atomic E-state index is 10.6. The van der Waals surface area contributed by atoms with Crippen LogP contribution < -0.4 is 14.2 Å². The van der Waals surface area contributed by atoms with Crippen LogP contribution >= 0.6 is 0 Å². The van der Waals surface area contributed by atoms with E-state index in [1.165, 1.54) is 34.3 Å². The molecule has 0 aliphatic heterocycles. The normalized spacial score (nSPS) is 11.0. The predicted molar refractivity (Wildman–Crippen MR) is 66.7 cm³/mol. The van der Waals surface area contributed by atoms with Gasteiger partial charge in [-0.3, -0.25) is 10.1 Å². The van der Waals surface area contributed by atoms with Crippen molar-refractivity contribution in [3.63, 3.8) is 0 Å². The summed E-state index contributed by atoms with van der Waals surface area (Å²) in [6.45, 7) is 1.42. The number of nitrogens with zero attached hydrogens (tertiary/aromatic N) is 1. The predicted octanol–water partition coefficient (Wildman–Crippen LogP) is 2.35. The molecule has 0 atom stereocenters. The van der Waals surface area contributed by atoms with Gasteiger partial charge in [0.2, 0.25) is 11.4 Å². The number of benzene rings is 1. The zero-order valence-electron chi connectivity index (χ0n) is 10.7. The zero-order valence-corrected chi connectivity index (χ0v) is 10.7. The van der Waals surface area contributed by atoms with Crippen molar-refractivity contribution in [2.24, 2.45) is 0 Å². The Morgan fingerprint density at radius 2 is 1.67 bits per heavy atom. The van der Waals surface area contributed by atoms with E-state index in [0.717, 1.165) is 0 Å². The average Bonchev–Trinajstić information content (AvgIpc) is 2.37. The van der Waals surface area contributed by atoms with Crippen LogP contribution in [0.5, 0.6) is 17.2 Å². The summed E-state index contributed by atoms with van der Waals surface area (Å²) in [5, 5.41) is 10.6. The maximum atomic E-state index is 10.6. The van der Waals surface area contributed by atoms with Crippen LogP contribution in [0.15, 0.2) is 17.8 Å². The Kier molecular flexibility index (Phi) is 4.53. The van der Waals surface area contributed by atoms with Crippen molar-refractivity contribution >= 4 is 6.08 Å². The highest BCUT2D eigenvalue weighted by molar-refractivity contribution is 5.62. The number of nitro groups is 1. The lowest BCUT2D eigenvalue weighted by atomic mass is 10.1. The molecule has 0 aliphatic rings. The Labute approximate surface area is 105 Å². The van der Waals surface area contributed by atoms with E-state index in [1.807, 2.05) is 0 Å². The SMILES string of the molecule is COc1cc(/C=C(/C)[N+](=O)[O-])cc(OC)c1OC. The molecule has 0 fully saturated rings. The molecule has 6 nitrogen and oxygen atoms in total. The molecule has 0 aliphatic carbocycles. The van der Waals surface area contributed by atoms with Gasteiger partial charge in [0, 0.05) is 13.0 Å². The minimum Gasteiger partial charge on any atom is -0.493 e. The van der Waals surface area contributed by atoms with Crippen molar-refractivity contribution < 1.29 is 19.1 Å². The molecule has 6 heteroatoms.